The number of ether oxygens (including phenoxy) is 2. The quantitative estimate of drug-likeness (QED) is 0.489. The van der Waals surface area contributed by atoms with E-state index in [4.69, 9.17) is 9.47 Å². The van der Waals surface area contributed by atoms with E-state index >= 15 is 0 Å². The van der Waals surface area contributed by atoms with Crippen LogP contribution in [0.15, 0.2) is 32.9 Å². The number of amides is 1. The first-order valence-corrected chi connectivity index (χ1v) is 7.80. The summed E-state index contributed by atoms with van der Waals surface area (Å²) in [6.07, 6.45) is 1.72. The molecule has 0 aliphatic carbocycles. The Hall–Kier alpha value is -3.36. The van der Waals surface area contributed by atoms with Crippen LogP contribution in [0.25, 0.3) is 0 Å². The molecule has 9 heteroatoms. The summed E-state index contributed by atoms with van der Waals surface area (Å²) in [5, 5.41) is 3.88. The molecule has 2 rings (SSSR count). The first kappa shape index (κ1) is 19.0. The van der Waals surface area contributed by atoms with E-state index in [9.17, 15) is 14.4 Å². The summed E-state index contributed by atoms with van der Waals surface area (Å²) in [4.78, 5) is 39.4. The summed E-state index contributed by atoms with van der Waals surface area (Å²) in [7, 11) is 3.07. The van der Waals surface area contributed by atoms with Gasteiger partial charge < -0.3 is 14.5 Å². The second-order valence-electron chi connectivity index (χ2n) is 5.42. The van der Waals surface area contributed by atoms with Crippen LogP contribution in [-0.2, 0) is 11.2 Å². The number of carbonyl (C=O) groups is 1. The average Bonchev–Trinajstić information content (AvgIpc) is 2.60. The van der Waals surface area contributed by atoms with Crippen LogP contribution in [0.1, 0.15) is 23.2 Å². The van der Waals surface area contributed by atoms with Crippen LogP contribution in [0.2, 0.25) is 0 Å². The topological polar surface area (TPSA) is 126 Å². The Balaban J connectivity index is 1.94. The van der Waals surface area contributed by atoms with Gasteiger partial charge in [-0.1, -0.05) is 0 Å². The molecule has 0 saturated carbocycles. The van der Waals surface area contributed by atoms with Gasteiger partial charge in [-0.25, -0.2) is 10.2 Å². The van der Waals surface area contributed by atoms with Gasteiger partial charge in [0, 0.05) is 17.7 Å². The van der Waals surface area contributed by atoms with E-state index in [1.807, 2.05) is 0 Å². The van der Waals surface area contributed by atoms with Crippen LogP contribution >= 0.6 is 0 Å². The summed E-state index contributed by atoms with van der Waals surface area (Å²) in [5.41, 5.74) is 2.86. The molecule has 0 fully saturated rings. The van der Waals surface area contributed by atoms with Crippen LogP contribution in [0.3, 0.4) is 0 Å². The van der Waals surface area contributed by atoms with E-state index in [0.717, 1.165) is 5.56 Å². The zero-order valence-electron chi connectivity index (χ0n) is 14.7. The van der Waals surface area contributed by atoms with Gasteiger partial charge in [0.15, 0.2) is 11.5 Å². The van der Waals surface area contributed by atoms with Crippen LogP contribution in [0.4, 0.5) is 0 Å². The maximum absolute atomic E-state index is 11.9. The first-order valence-electron chi connectivity index (χ1n) is 7.80. The summed E-state index contributed by atoms with van der Waals surface area (Å²) in [6.45, 7) is 1.61. The number of benzene rings is 1. The molecule has 1 aromatic carbocycles. The average molecular weight is 360 g/mol. The molecule has 0 unspecified atom stereocenters. The number of aryl methyl sites for hydroxylation is 1. The summed E-state index contributed by atoms with van der Waals surface area (Å²) in [6, 6.07) is 5.21. The van der Waals surface area contributed by atoms with E-state index in [-0.39, 0.29) is 18.7 Å². The van der Waals surface area contributed by atoms with Crippen molar-refractivity contribution in [1.82, 2.24) is 15.4 Å². The van der Waals surface area contributed by atoms with Gasteiger partial charge in [-0.15, -0.1) is 0 Å². The predicted octanol–water partition coefficient (Wildman–Crippen LogP) is 0.472. The minimum absolute atomic E-state index is 0.0548. The number of hydrazone groups is 1. The van der Waals surface area contributed by atoms with E-state index in [2.05, 4.69) is 20.5 Å². The number of aromatic amines is 2. The number of nitrogens with zero attached hydrogens (tertiary/aromatic N) is 1. The Morgan fingerprint density at radius 3 is 2.58 bits per heavy atom. The van der Waals surface area contributed by atoms with Gasteiger partial charge in [-0.3, -0.25) is 14.6 Å². The number of hydrogen-bond acceptors (Lipinski definition) is 6. The Kier molecular flexibility index (Phi) is 6.31. The monoisotopic (exact) mass is 360 g/mol. The Bertz CT molecular complexity index is 929. The standard InChI is InChI=1S/C17H20N4O5/c1-10-12(16(23)20-17(24)19-10)5-7-15(22)21-18-9-11-4-6-13(25-2)14(8-11)26-3/h4,6,8-9H,5,7H2,1-3H3,(H,21,22)(H2,19,20,23,24)/b18-9+. The van der Waals surface area contributed by atoms with Crippen molar-refractivity contribution in [3.8, 4) is 11.5 Å². The molecule has 3 N–H and O–H groups in total. The second kappa shape index (κ2) is 8.65. The highest BCUT2D eigenvalue weighted by molar-refractivity contribution is 5.83. The van der Waals surface area contributed by atoms with Gasteiger partial charge in [-0.05, 0) is 37.1 Å². The first-order chi connectivity index (χ1) is 12.4. The highest BCUT2D eigenvalue weighted by atomic mass is 16.5. The molecule has 1 amide bonds. The van der Waals surface area contributed by atoms with Crippen LogP contribution in [0.5, 0.6) is 11.5 Å². The van der Waals surface area contributed by atoms with Crippen molar-refractivity contribution in [2.24, 2.45) is 5.10 Å². The lowest BCUT2D eigenvalue weighted by molar-refractivity contribution is -0.121. The molecule has 0 radical (unpaired) electrons. The lowest BCUT2D eigenvalue weighted by Gasteiger charge is -2.07. The van der Waals surface area contributed by atoms with Crippen molar-refractivity contribution in [3.63, 3.8) is 0 Å². The minimum Gasteiger partial charge on any atom is -0.493 e. The van der Waals surface area contributed by atoms with E-state index in [0.29, 0.717) is 22.8 Å². The number of carbonyl (C=O) groups excluding carboxylic acids is 1. The van der Waals surface area contributed by atoms with Gasteiger partial charge >= 0.3 is 5.69 Å². The van der Waals surface area contributed by atoms with Gasteiger partial charge in [-0.2, -0.15) is 5.10 Å². The lowest BCUT2D eigenvalue weighted by Crippen LogP contribution is -2.28. The number of hydrogen-bond donors (Lipinski definition) is 3. The maximum Gasteiger partial charge on any atom is 0.325 e. The molecule has 0 aliphatic heterocycles. The fourth-order valence-electron chi connectivity index (χ4n) is 2.33. The van der Waals surface area contributed by atoms with Crippen LogP contribution < -0.4 is 26.1 Å². The molecule has 0 atom stereocenters. The van der Waals surface area contributed by atoms with Crippen molar-refractivity contribution in [2.45, 2.75) is 19.8 Å². The molecule has 1 aromatic heterocycles. The molecule has 138 valence electrons. The van der Waals surface area contributed by atoms with Crippen molar-refractivity contribution in [1.29, 1.82) is 0 Å². The van der Waals surface area contributed by atoms with Crippen molar-refractivity contribution < 1.29 is 14.3 Å². The number of H-pyrrole nitrogens is 2. The zero-order chi connectivity index (χ0) is 19.1. The molecule has 9 nitrogen and oxygen atoms in total. The number of nitrogens with one attached hydrogen (secondary N) is 3. The number of rotatable bonds is 7. The molecule has 0 bridgehead atoms. The van der Waals surface area contributed by atoms with E-state index in [1.54, 1.807) is 32.2 Å². The van der Waals surface area contributed by atoms with Gasteiger partial charge in [0.1, 0.15) is 0 Å². The highest BCUT2D eigenvalue weighted by Gasteiger charge is 2.09. The van der Waals surface area contributed by atoms with Crippen molar-refractivity contribution >= 4 is 12.1 Å². The van der Waals surface area contributed by atoms with E-state index < -0.39 is 11.2 Å². The maximum atomic E-state index is 11.9. The van der Waals surface area contributed by atoms with Gasteiger partial charge in [0.2, 0.25) is 5.91 Å². The minimum atomic E-state index is -0.569. The second-order valence-corrected chi connectivity index (χ2v) is 5.42. The normalized spacial score (nSPS) is 10.7. The molecule has 0 spiro atoms. The molecule has 26 heavy (non-hydrogen) atoms. The number of methoxy groups -OCH3 is 2. The molecular weight excluding hydrogens is 340 g/mol. The van der Waals surface area contributed by atoms with Crippen LogP contribution in [0, 0.1) is 6.92 Å². The summed E-state index contributed by atoms with van der Waals surface area (Å²) < 4.78 is 10.3. The molecule has 1 heterocycles. The van der Waals surface area contributed by atoms with Gasteiger partial charge in [0.25, 0.3) is 5.56 Å². The zero-order valence-corrected chi connectivity index (χ0v) is 14.7. The molecular formula is C17H20N4O5. The summed E-state index contributed by atoms with van der Waals surface area (Å²) in [5.74, 6) is 0.789. The molecule has 2 aromatic rings. The third-order valence-corrected chi connectivity index (χ3v) is 3.67. The predicted molar refractivity (Wildman–Crippen MR) is 96.0 cm³/mol. The SMILES string of the molecule is COc1ccc(/C=N/NC(=O)CCc2c(C)[nH]c(=O)[nH]c2=O)cc1OC. The van der Waals surface area contributed by atoms with E-state index in [1.165, 1.54) is 13.3 Å². The van der Waals surface area contributed by atoms with Crippen molar-refractivity contribution in [2.75, 3.05) is 14.2 Å². The Morgan fingerprint density at radius 1 is 1.19 bits per heavy atom. The largest absolute Gasteiger partial charge is 0.493 e. The molecule has 0 aliphatic rings. The summed E-state index contributed by atoms with van der Waals surface area (Å²) >= 11 is 0. The Morgan fingerprint density at radius 2 is 1.92 bits per heavy atom. The molecule has 0 saturated heterocycles. The third kappa shape index (κ3) is 4.82. The highest BCUT2D eigenvalue weighted by Crippen LogP contribution is 2.26. The third-order valence-electron chi connectivity index (χ3n) is 3.67. The fourth-order valence-corrected chi connectivity index (χ4v) is 2.33. The van der Waals surface area contributed by atoms with Gasteiger partial charge in [0.05, 0.1) is 20.4 Å². The van der Waals surface area contributed by atoms with Crippen molar-refractivity contribution in [3.05, 3.63) is 55.9 Å². The van der Waals surface area contributed by atoms with Crippen LogP contribution in [-0.4, -0.2) is 36.3 Å². The Labute approximate surface area is 149 Å². The fraction of sp³-hybridized carbons (Fsp3) is 0.294. The smallest absolute Gasteiger partial charge is 0.325 e. The number of aromatic nitrogens is 2. The lowest BCUT2D eigenvalue weighted by atomic mass is 10.1.